The van der Waals surface area contributed by atoms with Gasteiger partial charge in [0.2, 0.25) is 5.91 Å². The van der Waals surface area contributed by atoms with Gasteiger partial charge in [0.25, 0.3) is 0 Å². The highest BCUT2D eigenvalue weighted by atomic mass is 16.5. The molecule has 0 aromatic heterocycles. The molecule has 3 rings (SSSR count). The van der Waals surface area contributed by atoms with Crippen molar-refractivity contribution in [3.63, 3.8) is 0 Å². The van der Waals surface area contributed by atoms with Crippen molar-refractivity contribution >= 4 is 11.9 Å². The number of hydrogen-bond donors (Lipinski definition) is 1. The van der Waals surface area contributed by atoms with Crippen LogP contribution in [-0.4, -0.2) is 31.6 Å². The zero-order valence-electron chi connectivity index (χ0n) is 15.0. The Kier molecular flexibility index (Phi) is 5.61. The van der Waals surface area contributed by atoms with Crippen molar-refractivity contribution in [2.45, 2.75) is 45.1 Å². The summed E-state index contributed by atoms with van der Waals surface area (Å²) in [5.74, 6) is 0.654. The molecule has 1 saturated carbocycles. The Hall–Kier alpha value is -2.04. The highest BCUT2D eigenvalue weighted by Crippen LogP contribution is 2.38. The van der Waals surface area contributed by atoms with Crippen LogP contribution in [0.5, 0.6) is 5.75 Å². The average molecular weight is 345 g/mol. The van der Waals surface area contributed by atoms with Crippen molar-refractivity contribution in [2.24, 2.45) is 17.8 Å². The number of rotatable bonds is 5. The number of ether oxygens (including phenoxy) is 2. The second kappa shape index (κ2) is 7.89. The van der Waals surface area contributed by atoms with Gasteiger partial charge in [-0.05, 0) is 68.6 Å². The average Bonchev–Trinajstić information content (AvgIpc) is 2.62. The van der Waals surface area contributed by atoms with Crippen LogP contribution in [0.1, 0.15) is 38.2 Å². The van der Waals surface area contributed by atoms with Crippen LogP contribution in [-0.2, 0) is 20.7 Å². The molecule has 25 heavy (non-hydrogen) atoms. The number of esters is 1. The van der Waals surface area contributed by atoms with Gasteiger partial charge in [0, 0.05) is 6.04 Å². The molecule has 2 fully saturated rings. The number of nitrogens with one attached hydrogen (secondary N) is 1. The Morgan fingerprint density at radius 3 is 2.64 bits per heavy atom. The van der Waals surface area contributed by atoms with Crippen molar-refractivity contribution in [3.05, 3.63) is 29.8 Å². The summed E-state index contributed by atoms with van der Waals surface area (Å²) in [4.78, 5) is 24.2. The number of fused-ring (bicyclic) bond motifs is 1. The van der Waals surface area contributed by atoms with Gasteiger partial charge in [0.05, 0.1) is 13.7 Å². The van der Waals surface area contributed by atoms with Crippen LogP contribution in [0, 0.1) is 17.8 Å². The van der Waals surface area contributed by atoms with E-state index < -0.39 is 5.92 Å². The fourth-order valence-corrected chi connectivity index (χ4v) is 4.23. The minimum Gasteiger partial charge on any atom is -0.497 e. The molecule has 1 saturated heterocycles. The molecule has 1 aliphatic heterocycles. The van der Waals surface area contributed by atoms with Gasteiger partial charge in [-0.25, -0.2) is 0 Å². The minimum absolute atomic E-state index is 0.159. The van der Waals surface area contributed by atoms with Crippen LogP contribution in [0.25, 0.3) is 0 Å². The zero-order valence-corrected chi connectivity index (χ0v) is 15.0. The summed E-state index contributed by atoms with van der Waals surface area (Å²) in [6.45, 7) is 2.09. The predicted octanol–water partition coefficient (Wildman–Crippen LogP) is 2.72. The zero-order chi connectivity index (χ0) is 17.8. The third kappa shape index (κ3) is 4.14. The van der Waals surface area contributed by atoms with Gasteiger partial charge in [0.1, 0.15) is 11.7 Å². The van der Waals surface area contributed by atoms with Crippen LogP contribution in [0.2, 0.25) is 0 Å². The first-order valence-corrected chi connectivity index (χ1v) is 9.20. The van der Waals surface area contributed by atoms with Crippen molar-refractivity contribution in [1.82, 2.24) is 5.32 Å². The van der Waals surface area contributed by atoms with Crippen LogP contribution >= 0.6 is 0 Å². The van der Waals surface area contributed by atoms with Crippen LogP contribution in [0.4, 0.5) is 0 Å². The summed E-state index contributed by atoms with van der Waals surface area (Å²) in [5, 5.41) is 3.05. The predicted molar refractivity (Wildman–Crippen MR) is 94.2 cm³/mol. The van der Waals surface area contributed by atoms with E-state index in [-0.39, 0.29) is 17.9 Å². The summed E-state index contributed by atoms with van der Waals surface area (Å²) in [5.41, 5.74) is 1.31. The number of carbonyl (C=O) groups is 2. The number of methoxy groups -OCH3 is 1. The van der Waals surface area contributed by atoms with Crippen LogP contribution in [0.3, 0.4) is 0 Å². The van der Waals surface area contributed by atoms with Gasteiger partial charge < -0.3 is 14.8 Å². The lowest BCUT2D eigenvalue weighted by molar-refractivity contribution is -0.155. The number of carbonyl (C=O) groups excluding carboxylic acids is 2. The molecular weight excluding hydrogens is 318 g/mol. The Morgan fingerprint density at radius 1 is 1.20 bits per heavy atom. The molecule has 1 heterocycles. The lowest BCUT2D eigenvalue weighted by atomic mass is 9.70. The second-order valence-corrected chi connectivity index (χ2v) is 7.15. The molecule has 4 atom stereocenters. The molecule has 2 aliphatic rings. The van der Waals surface area contributed by atoms with E-state index in [1.807, 2.05) is 12.1 Å². The molecule has 1 amide bonds. The summed E-state index contributed by atoms with van der Waals surface area (Å²) >= 11 is 0. The molecule has 4 unspecified atom stereocenters. The van der Waals surface area contributed by atoms with Gasteiger partial charge in [0.15, 0.2) is 0 Å². The molecule has 5 nitrogen and oxygen atoms in total. The fraction of sp³-hybridized carbons (Fsp3) is 0.600. The highest BCUT2D eigenvalue weighted by molar-refractivity contribution is 5.98. The molecule has 1 aromatic carbocycles. The summed E-state index contributed by atoms with van der Waals surface area (Å²) in [6, 6.07) is 8.45. The second-order valence-electron chi connectivity index (χ2n) is 7.15. The van der Waals surface area contributed by atoms with Crippen molar-refractivity contribution in [1.29, 1.82) is 0 Å². The SMILES string of the molecule is CCOC(=O)C1CC2CC(Cc3ccc(OC)cc3)CCC2NC1=O. The lowest BCUT2D eigenvalue weighted by Gasteiger charge is -2.41. The van der Waals surface area contributed by atoms with E-state index in [4.69, 9.17) is 9.47 Å². The van der Waals surface area contributed by atoms with Gasteiger partial charge in [-0.1, -0.05) is 12.1 Å². The molecule has 0 bridgehead atoms. The van der Waals surface area contributed by atoms with E-state index >= 15 is 0 Å². The molecule has 0 spiro atoms. The van der Waals surface area contributed by atoms with E-state index in [0.29, 0.717) is 24.9 Å². The number of amides is 1. The van der Waals surface area contributed by atoms with Gasteiger partial charge >= 0.3 is 5.97 Å². The standard InChI is InChI=1S/C20H27NO4/c1-3-25-20(23)17-12-15-11-14(6-9-18(15)21-19(17)22)10-13-4-7-16(24-2)8-5-13/h4-5,7-8,14-15,17-18H,3,6,9-12H2,1-2H3,(H,21,22). The summed E-state index contributed by atoms with van der Waals surface area (Å²) in [7, 11) is 1.67. The maximum Gasteiger partial charge on any atom is 0.318 e. The molecule has 1 N–H and O–H groups in total. The summed E-state index contributed by atoms with van der Waals surface area (Å²) in [6.07, 6.45) is 4.80. The Labute approximate surface area is 149 Å². The fourth-order valence-electron chi connectivity index (χ4n) is 4.23. The quantitative estimate of drug-likeness (QED) is 0.658. The monoisotopic (exact) mass is 345 g/mol. The number of piperidine rings is 1. The van der Waals surface area contributed by atoms with Gasteiger partial charge in [-0.2, -0.15) is 0 Å². The number of hydrogen-bond acceptors (Lipinski definition) is 4. The van der Waals surface area contributed by atoms with E-state index in [1.165, 1.54) is 5.56 Å². The first-order valence-electron chi connectivity index (χ1n) is 9.20. The first-order chi connectivity index (χ1) is 12.1. The van der Waals surface area contributed by atoms with Crippen molar-refractivity contribution < 1.29 is 19.1 Å². The smallest absolute Gasteiger partial charge is 0.318 e. The largest absolute Gasteiger partial charge is 0.497 e. The van der Waals surface area contributed by atoms with Gasteiger partial charge in [-0.3, -0.25) is 9.59 Å². The Morgan fingerprint density at radius 2 is 1.96 bits per heavy atom. The molecule has 1 aliphatic carbocycles. The van der Waals surface area contributed by atoms with E-state index in [0.717, 1.165) is 31.4 Å². The lowest BCUT2D eigenvalue weighted by Crippen LogP contribution is -2.53. The number of benzene rings is 1. The van der Waals surface area contributed by atoms with Crippen LogP contribution in [0.15, 0.2) is 24.3 Å². The highest BCUT2D eigenvalue weighted by Gasteiger charge is 2.42. The first kappa shape index (κ1) is 17.8. The Bertz CT molecular complexity index is 613. The van der Waals surface area contributed by atoms with E-state index in [2.05, 4.69) is 17.4 Å². The Balaban J connectivity index is 1.60. The van der Waals surface area contributed by atoms with E-state index in [9.17, 15) is 9.59 Å². The topological polar surface area (TPSA) is 64.6 Å². The third-order valence-electron chi connectivity index (χ3n) is 5.53. The third-order valence-corrected chi connectivity index (χ3v) is 5.53. The normalized spacial score (nSPS) is 28.6. The van der Waals surface area contributed by atoms with Crippen molar-refractivity contribution in [2.75, 3.05) is 13.7 Å². The molecule has 5 heteroatoms. The molecule has 0 radical (unpaired) electrons. The van der Waals surface area contributed by atoms with Crippen LogP contribution < -0.4 is 10.1 Å². The van der Waals surface area contributed by atoms with Crippen molar-refractivity contribution in [3.8, 4) is 5.75 Å². The molecular formula is C20H27NO4. The maximum absolute atomic E-state index is 12.2. The maximum atomic E-state index is 12.2. The summed E-state index contributed by atoms with van der Waals surface area (Å²) < 4.78 is 10.3. The molecule has 1 aromatic rings. The molecule has 136 valence electrons. The van der Waals surface area contributed by atoms with E-state index in [1.54, 1.807) is 14.0 Å². The van der Waals surface area contributed by atoms with Gasteiger partial charge in [-0.15, -0.1) is 0 Å². The minimum atomic E-state index is -0.638.